The number of aliphatic hydroxyl groups excluding tert-OH is 1. The van der Waals surface area contributed by atoms with Crippen LogP contribution in [0, 0.1) is 13.8 Å². The van der Waals surface area contributed by atoms with E-state index in [4.69, 9.17) is 16.3 Å². The second-order valence-electron chi connectivity index (χ2n) is 9.19. The number of nitrogens with one attached hydrogen (secondary N) is 2. The molecule has 0 saturated carbocycles. The van der Waals surface area contributed by atoms with Gasteiger partial charge in [-0.05, 0) is 64.3 Å². The highest BCUT2D eigenvalue weighted by Crippen LogP contribution is 2.30. The molecule has 0 radical (unpaired) electrons. The highest BCUT2D eigenvalue weighted by molar-refractivity contribution is 6.34. The molecule has 0 aliphatic heterocycles. The Kier molecular flexibility index (Phi) is 9.68. The van der Waals surface area contributed by atoms with Gasteiger partial charge in [0.25, 0.3) is 5.91 Å². The molecular weight excluding hydrogens is 470 g/mol. The Labute approximate surface area is 211 Å². The maximum Gasteiger partial charge on any atom is 0.408 e. The molecule has 0 aromatic heterocycles. The van der Waals surface area contributed by atoms with E-state index >= 15 is 0 Å². The van der Waals surface area contributed by atoms with E-state index in [1.54, 1.807) is 52.0 Å². The van der Waals surface area contributed by atoms with Crippen LogP contribution in [0.4, 0.5) is 10.5 Å². The number of carbonyl (C=O) groups excluding carboxylic acids is 3. The van der Waals surface area contributed by atoms with Gasteiger partial charge in [0.1, 0.15) is 17.7 Å². The molecule has 0 saturated heterocycles. The van der Waals surface area contributed by atoms with Crippen LogP contribution in [0.1, 0.15) is 50.4 Å². The van der Waals surface area contributed by atoms with Crippen molar-refractivity contribution in [2.45, 2.75) is 59.2 Å². The Balaban J connectivity index is 2.45. The Morgan fingerprint density at radius 2 is 1.69 bits per heavy atom. The normalized spacial score (nSPS) is 12.9. The van der Waals surface area contributed by atoms with Gasteiger partial charge < -0.3 is 25.4 Å². The summed E-state index contributed by atoms with van der Waals surface area (Å²) in [6.45, 7) is 9.93. The number of halogens is 1. The van der Waals surface area contributed by atoms with E-state index in [9.17, 15) is 19.5 Å². The van der Waals surface area contributed by atoms with E-state index in [0.29, 0.717) is 16.3 Å². The minimum atomic E-state index is -1.30. The van der Waals surface area contributed by atoms with Crippen LogP contribution < -0.4 is 10.6 Å². The predicted octanol–water partition coefficient (Wildman–Crippen LogP) is 4.37. The lowest BCUT2D eigenvalue weighted by Crippen LogP contribution is -2.53. The molecule has 0 aliphatic rings. The molecule has 0 fully saturated rings. The van der Waals surface area contributed by atoms with Crippen LogP contribution in [0.15, 0.2) is 42.5 Å². The van der Waals surface area contributed by atoms with Crippen LogP contribution in [0.3, 0.4) is 0 Å². The van der Waals surface area contributed by atoms with Gasteiger partial charge in [-0.25, -0.2) is 4.79 Å². The summed E-state index contributed by atoms with van der Waals surface area (Å²) in [5.41, 5.74) is 1.85. The van der Waals surface area contributed by atoms with Crippen LogP contribution in [0.25, 0.3) is 0 Å². The van der Waals surface area contributed by atoms with Crippen LogP contribution in [0.5, 0.6) is 0 Å². The van der Waals surface area contributed by atoms with E-state index < -0.39 is 42.2 Å². The summed E-state index contributed by atoms with van der Waals surface area (Å²) in [6, 6.07) is 10.2. The third-order valence-corrected chi connectivity index (χ3v) is 5.62. The molecule has 8 nitrogen and oxygen atoms in total. The molecule has 190 valence electrons. The number of carbonyl (C=O) groups is 3. The number of aryl methyl sites for hydroxylation is 2. The van der Waals surface area contributed by atoms with Crippen molar-refractivity contribution >= 4 is 35.2 Å². The summed E-state index contributed by atoms with van der Waals surface area (Å²) in [5.74, 6) is -1.10. The third kappa shape index (κ3) is 7.44. The molecule has 2 atom stereocenters. The highest BCUT2D eigenvalue weighted by Gasteiger charge is 2.36. The molecular formula is C26H34ClN3O5. The number of likely N-dealkylation sites (N-methyl/N-ethyl adjacent to an activating group) is 1. The van der Waals surface area contributed by atoms with Crippen molar-refractivity contribution in [1.29, 1.82) is 0 Å². The van der Waals surface area contributed by atoms with E-state index in [0.717, 1.165) is 11.1 Å². The first-order chi connectivity index (χ1) is 16.4. The number of anilines is 1. The predicted molar refractivity (Wildman–Crippen MR) is 136 cm³/mol. The highest BCUT2D eigenvalue weighted by atomic mass is 35.5. The number of aliphatic hydroxyl groups is 1. The molecule has 0 spiro atoms. The number of hydrogen-bond acceptors (Lipinski definition) is 5. The number of amides is 3. The Bertz CT molecular complexity index is 1050. The fourth-order valence-corrected chi connectivity index (χ4v) is 3.90. The monoisotopic (exact) mass is 503 g/mol. The van der Waals surface area contributed by atoms with Gasteiger partial charge in [-0.2, -0.15) is 0 Å². The fourth-order valence-electron chi connectivity index (χ4n) is 3.63. The van der Waals surface area contributed by atoms with Crippen molar-refractivity contribution in [3.63, 3.8) is 0 Å². The summed E-state index contributed by atoms with van der Waals surface area (Å²) >= 11 is 6.32. The molecule has 3 N–H and O–H groups in total. The van der Waals surface area contributed by atoms with Crippen LogP contribution in [-0.2, 0) is 14.3 Å². The van der Waals surface area contributed by atoms with Crippen molar-refractivity contribution in [2.24, 2.45) is 0 Å². The molecule has 3 amide bonds. The molecule has 2 aromatic rings. The molecule has 2 rings (SSSR count). The van der Waals surface area contributed by atoms with Crippen molar-refractivity contribution in [2.75, 3.05) is 18.5 Å². The molecule has 2 unspecified atom stereocenters. The quantitative estimate of drug-likeness (QED) is 0.495. The van der Waals surface area contributed by atoms with Gasteiger partial charge in [0.15, 0.2) is 0 Å². The van der Waals surface area contributed by atoms with Gasteiger partial charge >= 0.3 is 6.09 Å². The standard InChI is InChI=1S/C26H34ClN3O5/c1-7-30(24(33)20(15-31)28-25(34)35-26(4,5)6)22(18-13-9-8-11-16(18)2)23(32)29-21-17(3)12-10-14-19(21)27/h8-14,20,22,31H,7,15H2,1-6H3,(H,28,34)(H,29,32). The van der Waals surface area contributed by atoms with Gasteiger partial charge in [-0.1, -0.05) is 48.0 Å². The van der Waals surface area contributed by atoms with E-state index in [1.807, 2.05) is 32.0 Å². The number of alkyl carbamates (subject to hydrolysis) is 1. The Morgan fingerprint density at radius 3 is 2.23 bits per heavy atom. The number of para-hydroxylation sites is 1. The average Bonchev–Trinajstić information content (AvgIpc) is 2.77. The largest absolute Gasteiger partial charge is 0.444 e. The summed E-state index contributed by atoms with van der Waals surface area (Å²) < 4.78 is 5.22. The van der Waals surface area contributed by atoms with Gasteiger partial charge in [0.05, 0.1) is 17.3 Å². The van der Waals surface area contributed by atoms with Crippen LogP contribution >= 0.6 is 11.6 Å². The van der Waals surface area contributed by atoms with Gasteiger partial charge in [-0.3, -0.25) is 9.59 Å². The average molecular weight is 504 g/mol. The van der Waals surface area contributed by atoms with Crippen molar-refractivity contribution in [3.8, 4) is 0 Å². The smallest absolute Gasteiger partial charge is 0.408 e. The fraction of sp³-hybridized carbons (Fsp3) is 0.423. The minimum Gasteiger partial charge on any atom is -0.444 e. The lowest BCUT2D eigenvalue weighted by molar-refractivity contribution is -0.141. The first-order valence-corrected chi connectivity index (χ1v) is 11.8. The zero-order valence-corrected chi connectivity index (χ0v) is 21.8. The van der Waals surface area contributed by atoms with Gasteiger partial charge in [0, 0.05) is 6.54 Å². The molecule has 35 heavy (non-hydrogen) atoms. The molecule has 2 aromatic carbocycles. The summed E-state index contributed by atoms with van der Waals surface area (Å²) in [4.78, 5) is 40.8. The van der Waals surface area contributed by atoms with Gasteiger partial charge in [0.2, 0.25) is 5.91 Å². The topological polar surface area (TPSA) is 108 Å². The van der Waals surface area contributed by atoms with Crippen molar-refractivity contribution in [3.05, 3.63) is 64.2 Å². The SMILES string of the molecule is CCN(C(=O)C(CO)NC(=O)OC(C)(C)C)C(C(=O)Nc1c(C)cccc1Cl)c1ccccc1C. The van der Waals surface area contributed by atoms with Crippen molar-refractivity contribution in [1.82, 2.24) is 10.2 Å². The zero-order valence-electron chi connectivity index (χ0n) is 21.0. The number of hydrogen-bond donors (Lipinski definition) is 3. The summed E-state index contributed by atoms with van der Waals surface area (Å²) in [5, 5.41) is 15.6. The maximum atomic E-state index is 13.7. The second kappa shape index (κ2) is 12.0. The maximum absolute atomic E-state index is 13.7. The Morgan fingerprint density at radius 1 is 1.06 bits per heavy atom. The lowest BCUT2D eigenvalue weighted by Gasteiger charge is -2.34. The van der Waals surface area contributed by atoms with Gasteiger partial charge in [-0.15, -0.1) is 0 Å². The number of nitrogens with zero attached hydrogens (tertiary/aromatic N) is 1. The molecule has 0 heterocycles. The van der Waals surface area contributed by atoms with Crippen molar-refractivity contribution < 1.29 is 24.2 Å². The summed E-state index contributed by atoms with van der Waals surface area (Å²) in [7, 11) is 0. The number of rotatable bonds is 8. The third-order valence-electron chi connectivity index (χ3n) is 5.31. The number of benzene rings is 2. The van der Waals surface area contributed by atoms with E-state index in [1.165, 1.54) is 4.90 Å². The second-order valence-corrected chi connectivity index (χ2v) is 9.59. The Hall–Kier alpha value is -3.10. The first-order valence-electron chi connectivity index (χ1n) is 11.4. The van der Waals surface area contributed by atoms with E-state index in [-0.39, 0.29) is 6.54 Å². The first kappa shape index (κ1) is 28.1. The zero-order chi connectivity index (χ0) is 26.3. The summed E-state index contributed by atoms with van der Waals surface area (Å²) in [6.07, 6.45) is -0.843. The molecule has 0 bridgehead atoms. The van der Waals surface area contributed by atoms with Crippen LogP contribution in [-0.4, -0.2) is 52.7 Å². The van der Waals surface area contributed by atoms with Crippen LogP contribution in [0.2, 0.25) is 5.02 Å². The van der Waals surface area contributed by atoms with E-state index in [2.05, 4.69) is 10.6 Å². The molecule has 0 aliphatic carbocycles. The molecule has 9 heteroatoms. The lowest BCUT2D eigenvalue weighted by atomic mass is 9.98. The minimum absolute atomic E-state index is 0.138. The number of ether oxygens (including phenoxy) is 1.